The summed E-state index contributed by atoms with van der Waals surface area (Å²) in [5.41, 5.74) is 7.70. The third kappa shape index (κ3) is 9.40. The zero-order valence-electron chi connectivity index (χ0n) is 24.0. The van der Waals surface area contributed by atoms with E-state index in [1.807, 2.05) is 13.8 Å². The number of benzene rings is 3. The molecule has 5 N–H and O–H groups in total. The van der Waals surface area contributed by atoms with E-state index in [9.17, 15) is 22.8 Å². The van der Waals surface area contributed by atoms with Gasteiger partial charge in [-0.2, -0.15) is 13.2 Å². The summed E-state index contributed by atoms with van der Waals surface area (Å²) in [4.78, 5) is 28.0. The van der Waals surface area contributed by atoms with Gasteiger partial charge in [-0.1, -0.05) is 36.4 Å². The van der Waals surface area contributed by atoms with Crippen LogP contribution in [0.5, 0.6) is 0 Å². The van der Waals surface area contributed by atoms with Crippen LogP contribution in [0, 0.1) is 0 Å². The number of nitrogen functional groups attached to an aromatic ring is 1. The first-order chi connectivity index (χ1) is 20.5. The van der Waals surface area contributed by atoms with Crippen molar-refractivity contribution in [2.45, 2.75) is 38.3 Å². The molecule has 1 heterocycles. The van der Waals surface area contributed by atoms with Crippen LogP contribution in [0.15, 0.2) is 78.9 Å². The van der Waals surface area contributed by atoms with Gasteiger partial charge in [0.25, 0.3) is 0 Å². The van der Waals surface area contributed by atoms with E-state index in [0.29, 0.717) is 30.0 Å². The molecule has 1 unspecified atom stereocenters. The van der Waals surface area contributed by atoms with Crippen molar-refractivity contribution in [1.82, 2.24) is 10.2 Å². The lowest BCUT2D eigenvalue weighted by atomic mass is 10.0. The maximum absolute atomic E-state index is 13.4. The van der Waals surface area contributed by atoms with Crippen LogP contribution in [0.2, 0.25) is 0 Å². The van der Waals surface area contributed by atoms with Crippen molar-refractivity contribution in [3.05, 3.63) is 95.6 Å². The Morgan fingerprint density at radius 2 is 1.63 bits per heavy atom. The fraction of sp³-hybridized carbons (Fsp3) is 0.312. The van der Waals surface area contributed by atoms with Gasteiger partial charge in [-0.3, -0.25) is 14.5 Å². The first kappa shape index (κ1) is 31.7. The zero-order chi connectivity index (χ0) is 31.0. The molecule has 11 heteroatoms. The second kappa shape index (κ2) is 14.3. The van der Waals surface area contributed by atoms with Crippen LogP contribution < -0.4 is 21.7 Å². The largest absolute Gasteiger partial charge is 0.416 e. The molecule has 0 spiro atoms. The smallest absolute Gasteiger partial charge is 0.397 e. The Morgan fingerprint density at radius 3 is 2.26 bits per heavy atom. The van der Waals surface area contributed by atoms with E-state index in [4.69, 9.17) is 10.5 Å². The highest BCUT2D eigenvalue weighted by Crippen LogP contribution is 2.30. The van der Waals surface area contributed by atoms with Crippen LogP contribution in [0.3, 0.4) is 0 Å². The maximum atomic E-state index is 13.4. The summed E-state index contributed by atoms with van der Waals surface area (Å²) in [5.74, 6) is -0.754. The lowest BCUT2D eigenvalue weighted by Gasteiger charge is -2.35. The molecule has 228 valence electrons. The number of morpholine rings is 1. The summed E-state index contributed by atoms with van der Waals surface area (Å²) in [6.07, 6.45) is -1.22. The van der Waals surface area contributed by atoms with E-state index in [0.717, 1.165) is 30.8 Å². The Morgan fingerprint density at radius 1 is 0.977 bits per heavy atom. The average molecular weight is 596 g/mol. The van der Waals surface area contributed by atoms with Crippen molar-refractivity contribution >= 4 is 35.0 Å². The van der Waals surface area contributed by atoms with Gasteiger partial charge >= 0.3 is 6.18 Å². The highest BCUT2D eigenvalue weighted by atomic mass is 19.4. The minimum Gasteiger partial charge on any atom is -0.397 e. The molecular weight excluding hydrogens is 559 g/mol. The van der Waals surface area contributed by atoms with E-state index in [1.165, 1.54) is 18.2 Å². The quantitative estimate of drug-likeness (QED) is 0.187. The molecule has 3 aromatic rings. The van der Waals surface area contributed by atoms with Gasteiger partial charge in [-0.05, 0) is 67.4 Å². The van der Waals surface area contributed by atoms with Gasteiger partial charge in [0.2, 0.25) is 11.8 Å². The van der Waals surface area contributed by atoms with E-state index >= 15 is 0 Å². The molecule has 0 saturated carbocycles. The molecule has 0 aromatic heterocycles. The van der Waals surface area contributed by atoms with Crippen molar-refractivity contribution < 1.29 is 27.5 Å². The van der Waals surface area contributed by atoms with E-state index in [2.05, 4.69) is 20.9 Å². The molecule has 43 heavy (non-hydrogen) atoms. The van der Waals surface area contributed by atoms with Crippen molar-refractivity contribution in [1.29, 1.82) is 0 Å². The van der Waals surface area contributed by atoms with E-state index in [1.54, 1.807) is 54.6 Å². The summed E-state index contributed by atoms with van der Waals surface area (Å²) >= 11 is 0. The summed E-state index contributed by atoms with van der Waals surface area (Å²) in [6, 6.07) is 17.6. The topological polar surface area (TPSA) is 109 Å². The SMILES string of the molecule is C[C@@H]1CN(CCNC(C(=O)Nc2ccc(C(F)(F)F)cc2)c2ccc(/C=C/C(=O)Nc3ccccc3N)cc2)C[C@H](C)O1. The molecule has 1 aliphatic heterocycles. The van der Waals surface area contributed by atoms with Crippen molar-refractivity contribution in [2.24, 2.45) is 0 Å². The zero-order valence-corrected chi connectivity index (χ0v) is 24.0. The molecule has 0 bridgehead atoms. The van der Waals surface area contributed by atoms with Crippen LogP contribution in [-0.2, 0) is 20.5 Å². The average Bonchev–Trinajstić information content (AvgIpc) is 2.95. The number of carbonyl (C=O) groups excluding carboxylic acids is 2. The third-order valence-electron chi connectivity index (χ3n) is 6.93. The monoisotopic (exact) mass is 595 g/mol. The van der Waals surface area contributed by atoms with Crippen molar-refractivity contribution in [3.63, 3.8) is 0 Å². The van der Waals surface area contributed by atoms with Crippen LogP contribution in [-0.4, -0.2) is 55.1 Å². The second-order valence-corrected chi connectivity index (χ2v) is 10.5. The predicted octanol–water partition coefficient (Wildman–Crippen LogP) is 5.32. The van der Waals surface area contributed by atoms with Gasteiger partial charge in [0, 0.05) is 37.9 Å². The number of anilines is 3. The molecule has 8 nitrogen and oxygen atoms in total. The predicted molar refractivity (Wildman–Crippen MR) is 162 cm³/mol. The summed E-state index contributed by atoms with van der Waals surface area (Å²) < 4.78 is 44.7. The number of halogens is 3. The normalized spacial score (nSPS) is 18.3. The highest BCUT2D eigenvalue weighted by molar-refractivity contribution is 6.03. The molecule has 0 aliphatic carbocycles. The minimum atomic E-state index is -4.47. The Bertz CT molecular complexity index is 1400. The fourth-order valence-corrected chi connectivity index (χ4v) is 4.91. The number of hydrogen-bond donors (Lipinski definition) is 4. The second-order valence-electron chi connectivity index (χ2n) is 10.5. The molecule has 3 aromatic carbocycles. The van der Waals surface area contributed by atoms with Crippen LogP contribution >= 0.6 is 0 Å². The Labute approximate surface area is 249 Å². The van der Waals surface area contributed by atoms with Crippen LogP contribution in [0.1, 0.15) is 36.6 Å². The lowest BCUT2D eigenvalue weighted by molar-refractivity contribution is -0.137. The van der Waals surface area contributed by atoms with E-state index in [-0.39, 0.29) is 23.8 Å². The lowest BCUT2D eigenvalue weighted by Crippen LogP contribution is -2.48. The minimum absolute atomic E-state index is 0.107. The molecule has 1 saturated heterocycles. The fourth-order valence-electron chi connectivity index (χ4n) is 4.91. The third-order valence-corrected chi connectivity index (χ3v) is 6.93. The highest BCUT2D eigenvalue weighted by Gasteiger charge is 2.30. The Hall–Kier alpha value is -4.19. The summed E-state index contributed by atoms with van der Waals surface area (Å²) in [7, 11) is 0. The van der Waals surface area contributed by atoms with Gasteiger partial charge in [0.1, 0.15) is 6.04 Å². The first-order valence-corrected chi connectivity index (χ1v) is 14.0. The number of ether oxygens (including phenoxy) is 1. The van der Waals surface area contributed by atoms with Gasteiger partial charge in [-0.15, -0.1) is 0 Å². The standard InChI is InChI=1S/C32H36F3N5O3/c1-21-19-40(20-22(2)43-21)18-17-37-30(31(42)38-26-14-12-25(13-15-26)32(33,34)35)24-10-7-23(8-11-24)9-16-29(41)39-28-6-4-3-5-27(28)36/h3-16,21-22,30,37H,17-20,36H2,1-2H3,(H,38,42)(H,39,41)/b16-9+/t21-,22+,30?. The number of rotatable bonds is 10. The van der Waals surface area contributed by atoms with Gasteiger partial charge in [-0.25, -0.2) is 0 Å². The van der Waals surface area contributed by atoms with Gasteiger partial charge in [0.05, 0.1) is 29.1 Å². The number of amides is 2. The Kier molecular flexibility index (Phi) is 10.6. The first-order valence-electron chi connectivity index (χ1n) is 14.0. The number of nitrogens with two attached hydrogens (primary N) is 1. The van der Waals surface area contributed by atoms with Gasteiger partial charge < -0.3 is 26.4 Å². The Balaban J connectivity index is 1.44. The molecule has 3 atom stereocenters. The maximum Gasteiger partial charge on any atom is 0.416 e. The number of para-hydroxylation sites is 2. The van der Waals surface area contributed by atoms with Crippen LogP contribution in [0.4, 0.5) is 30.2 Å². The molecule has 0 radical (unpaired) electrons. The number of nitrogens with zero attached hydrogens (tertiary/aromatic N) is 1. The molecule has 1 fully saturated rings. The van der Waals surface area contributed by atoms with E-state index < -0.39 is 23.7 Å². The number of hydrogen-bond acceptors (Lipinski definition) is 6. The van der Waals surface area contributed by atoms with Crippen LogP contribution in [0.25, 0.3) is 6.08 Å². The van der Waals surface area contributed by atoms with Crippen molar-refractivity contribution in [3.8, 4) is 0 Å². The molecule has 1 aliphatic rings. The molecular formula is C32H36F3N5O3. The van der Waals surface area contributed by atoms with Crippen molar-refractivity contribution in [2.75, 3.05) is 42.5 Å². The number of alkyl halides is 3. The summed E-state index contributed by atoms with van der Waals surface area (Å²) in [6.45, 7) is 6.78. The molecule has 2 amide bonds. The number of nitrogens with one attached hydrogen (secondary N) is 3. The molecule has 4 rings (SSSR count). The van der Waals surface area contributed by atoms with Gasteiger partial charge in [0.15, 0.2) is 0 Å². The summed E-state index contributed by atoms with van der Waals surface area (Å²) in [5, 5.41) is 8.75. The number of carbonyl (C=O) groups is 2.